The summed E-state index contributed by atoms with van der Waals surface area (Å²) in [6, 6.07) is 2.17. The molecule has 0 atom stereocenters. The zero-order chi connectivity index (χ0) is 12.5. The first-order valence-corrected chi connectivity index (χ1v) is 7.27. The molecule has 4 nitrogen and oxygen atoms in total. The number of anilines is 2. The van der Waals surface area contributed by atoms with Crippen molar-refractivity contribution >= 4 is 33.3 Å². The highest BCUT2D eigenvalue weighted by Gasteiger charge is 2.18. The van der Waals surface area contributed by atoms with E-state index in [1.807, 2.05) is 7.05 Å². The summed E-state index contributed by atoms with van der Waals surface area (Å²) in [6.07, 6.45) is 4.08. The van der Waals surface area contributed by atoms with E-state index in [9.17, 15) is 0 Å². The van der Waals surface area contributed by atoms with Crippen LogP contribution in [0.3, 0.4) is 0 Å². The van der Waals surface area contributed by atoms with Gasteiger partial charge >= 0.3 is 0 Å². The van der Waals surface area contributed by atoms with Crippen LogP contribution in [0.5, 0.6) is 0 Å². The Morgan fingerprint density at radius 1 is 1.39 bits per heavy atom. The fourth-order valence-corrected chi connectivity index (χ4v) is 3.11. The number of aryl methyl sites for hydroxylation is 1. The minimum Gasteiger partial charge on any atom is -0.369 e. The van der Waals surface area contributed by atoms with Crippen LogP contribution in [-0.4, -0.2) is 23.6 Å². The molecule has 0 saturated heterocycles. The van der Waals surface area contributed by atoms with Gasteiger partial charge in [0.1, 0.15) is 10.6 Å². The molecule has 3 rings (SSSR count). The Kier molecular flexibility index (Phi) is 3.07. The molecular weight excluding hydrogens is 244 g/mol. The topological polar surface area (TPSA) is 49.8 Å². The zero-order valence-electron chi connectivity index (χ0n) is 10.8. The molecule has 0 radical (unpaired) electrons. The van der Waals surface area contributed by atoms with Crippen LogP contribution in [0.15, 0.2) is 6.07 Å². The Morgan fingerprint density at radius 2 is 2.22 bits per heavy atom. The number of nitrogens with zero attached hydrogens (tertiary/aromatic N) is 2. The number of nitrogens with one attached hydrogen (secondary N) is 2. The van der Waals surface area contributed by atoms with Crippen molar-refractivity contribution in [3.8, 4) is 0 Å². The minimum absolute atomic E-state index is 0.695. The van der Waals surface area contributed by atoms with Gasteiger partial charge in [0, 0.05) is 18.5 Å². The van der Waals surface area contributed by atoms with Crippen molar-refractivity contribution in [1.29, 1.82) is 0 Å². The second-order valence-corrected chi connectivity index (χ2v) is 6.13. The van der Waals surface area contributed by atoms with Gasteiger partial charge in [-0.25, -0.2) is 4.98 Å². The molecule has 2 heterocycles. The van der Waals surface area contributed by atoms with Gasteiger partial charge < -0.3 is 10.6 Å². The molecule has 1 fully saturated rings. The summed E-state index contributed by atoms with van der Waals surface area (Å²) in [7, 11) is 1.86. The molecule has 2 aromatic heterocycles. The highest BCUT2D eigenvalue weighted by atomic mass is 32.1. The molecule has 0 amide bonds. The maximum Gasteiger partial charge on any atom is 0.225 e. The third kappa shape index (κ3) is 2.14. The summed E-state index contributed by atoms with van der Waals surface area (Å²) in [4.78, 5) is 11.4. The van der Waals surface area contributed by atoms with Crippen LogP contribution >= 0.6 is 11.3 Å². The van der Waals surface area contributed by atoms with Crippen molar-refractivity contribution in [1.82, 2.24) is 9.97 Å². The van der Waals surface area contributed by atoms with E-state index in [-0.39, 0.29) is 0 Å². The van der Waals surface area contributed by atoms with Gasteiger partial charge in [-0.15, -0.1) is 11.3 Å². The van der Waals surface area contributed by atoms with Gasteiger partial charge in [0.2, 0.25) is 5.95 Å². The Morgan fingerprint density at radius 3 is 2.89 bits per heavy atom. The summed E-state index contributed by atoms with van der Waals surface area (Å²) in [5, 5.41) is 7.67. The van der Waals surface area contributed by atoms with E-state index in [2.05, 4.69) is 33.6 Å². The molecule has 0 aliphatic heterocycles. The Balaban J connectivity index is 1.91. The molecule has 0 spiro atoms. The van der Waals surface area contributed by atoms with E-state index in [0.29, 0.717) is 5.95 Å². The first kappa shape index (κ1) is 11.7. The highest BCUT2D eigenvalue weighted by Crippen LogP contribution is 2.31. The van der Waals surface area contributed by atoms with Gasteiger partial charge in [-0.2, -0.15) is 4.98 Å². The van der Waals surface area contributed by atoms with Crippen LogP contribution in [0.1, 0.15) is 24.1 Å². The summed E-state index contributed by atoms with van der Waals surface area (Å²) in [5.41, 5.74) is 0. The monoisotopic (exact) mass is 262 g/mol. The largest absolute Gasteiger partial charge is 0.369 e. The maximum absolute atomic E-state index is 4.54. The smallest absolute Gasteiger partial charge is 0.225 e. The van der Waals surface area contributed by atoms with Crippen molar-refractivity contribution < 1.29 is 0 Å². The number of aromatic nitrogens is 2. The summed E-state index contributed by atoms with van der Waals surface area (Å²) < 4.78 is 0. The lowest BCUT2D eigenvalue weighted by atomic mass is 9.85. The average Bonchev–Trinajstić information content (AvgIpc) is 2.67. The van der Waals surface area contributed by atoms with Gasteiger partial charge in [0.15, 0.2) is 0 Å². The Labute approximate surface area is 111 Å². The molecule has 0 bridgehead atoms. The SMILES string of the molecule is CNc1nc(NCC2CCC2)c2cc(C)sc2n1. The average molecular weight is 262 g/mol. The van der Waals surface area contributed by atoms with Gasteiger partial charge in [-0.3, -0.25) is 0 Å². The minimum atomic E-state index is 0.695. The van der Waals surface area contributed by atoms with Gasteiger partial charge in [0.25, 0.3) is 0 Å². The van der Waals surface area contributed by atoms with Crippen molar-refractivity contribution in [2.75, 3.05) is 24.2 Å². The van der Waals surface area contributed by atoms with E-state index in [4.69, 9.17) is 0 Å². The number of rotatable bonds is 4. The molecule has 1 aliphatic carbocycles. The van der Waals surface area contributed by atoms with Crippen molar-refractivity contribution in [3.63, 3.8) is 0 Å². The van der Waals surface area contributed by atoms with E-state index in [1.165, 1.54) is 24.1 Å². The summed E-state index contributed by atoms with van der Waals surface area (Å²) in [5.74, 6) is 2.49. The molecular formula is C13H18N4S. The van der Waals surface area contributed by atoms with Gasteiger partial charge in [-0.05, 0) is 31.7 Å². The fraction of sp³-hybridized carbons (Fsp3) is 0.538. The van der Waals surface area contributed by atoms with E-state index in [0.717, 1.165) is 28.5 Å². The molecule has 2 N–H and O–H groups in total. The second-order valence-electron chi connectivity index (χ2n) is 4.90. The van der Waals surface area contributed by atoms with Crippen LogP contribution in [-0.2, 0) is 0 Å². The maximum atomic E-state index is 4.54. The quantitative estimate of drug-likeness (QED) is 0.888. The number of hydrogen-bond acceptors (Lipinski definition) is 5. The Hall–Kier alpha value is -1.36. The number of fused-ring (bicyclic) bond motifs is 1. The molecule has 96 valence electrons. The predicted octanol–water partition coefficient (Wildman–Crippen LogP) is 3.25. The zero-order valence-corrected chi connectivity index (χ0v) is 11.6. The normalized spacial score (nSPS) is 15.7. The van der Waals surface area contributed by atoms with Crippen molar-refractivity contribution in [2.45, 2.75) is 26.2 Å². The molecule has 2 aromatic rings. The summed E-state index contributed by atoms with van der Waals surface area (Å²) >= 11 is 1.72. The number of hydrogen-bond donors (Lipinski definition) is 2. The predicted molar refractivity (Wildman–Crippen MR) is 77.5 cm³/mol. The van der Waals surface area contributed by atoms with Gasteiger partial charge in [-0.1, -0.05) is 6.42 Å². The molecule has 0 aromatic carbocycles. The van der Waals surface area contributed by atoms with E-state index in [1.54, 1.807) is 11.3 Å². The third-order valence-electron chi connectivity index (χ3n) is 3.52. The van der Waals surface area contributed by atoms with Crippen LogP contribution in [0.4, 0.5) is 11.8 Å². The highest BCUT2D eigenvalue weighted by molar-refractivity contribution is 7.18. The van der Waals surface area contributed by atoms with Crippen LogP contribution in [0.2, 0.25) is 0 Å². The fourth-order valence-electron chi connectivity index (χ4n) is 2.23. The lowest BCUT2D eigenvalue weighted by Gasteiger charge is -2.25. The lowest BCUT2D eigenvalue weighted by Crippen LogP contribution is -2.21. The van der Waals surface area contributed by atoms with Crippen molar-refractivity contribution in [2.24, 2.45) is 5.92 Å². The Bertz CT molecular complexity index is 559. The number of thiophene rings is 1. The van der Waals surface area contributed by atoms with Crippen LogP contribution < -0.4 is 10.6 Å². The molecule has 5 heteroatoms. The standard InChI is InChI=1S/C13H18N4S/c1-8-6-10-11(15-7-9-4-3-5-9)16-13(14-2)17-12(10)18-8/h6,9H,3-5,7H2,1-2H3,(H2,14,15,16,17). The first-order chi connectivity index (χ1) is 8.76. The third-order valence-corrected chi connectivity index (χ3v) is 4.47. The van der Waals surface area contributed by atoms with Crippen LogP contribution in [0, 0.1) is 12.8 Å². The summed E-state index contributed by atoms with van der Waals surface area (Å²) in [6.45, 7) is 3.14. The molecule has 18 heavy (non-hydrogen) atoms. The first-order valence-electron chi connectivity index (χ1n) is 6.46. The van der Waals surface area contributed by atoms with E-state index >= 15 is 0 Å². The van der Waals surface area contributed by atoms with Crippen LogP contribution in [0.25, 0.3) is 10.2 Å². The second kappa shape index (κ2) is 4.72. The van der Waals surface area contributed by atoms with Gasteiger partial charge in [0.05, 0.1) is 5.39 Å². The lowest BCUT2D eigenvalue weighted by molar-refractivity contribution is 0.333. The van der Waals surface area contributed by atoms with E-state index < -0.39 is 0 Å². The van der Waals surface area contributed by atoms with Crippen molar-refractivity contribution in [3.05, 3.63) is 10.9 Å². The molecule has 0 unspecified atom stereocenters. The molecule has 1 aliphatic rings. The molecule has 1 saturated carbocycles.